The Hall–Kier alpha value is -2.94. The third kappa shape index (κ3) is 5.52. The summed E-state index contributed by atoms with van der Waals surface area (Å²) in [5, 5.41) is 25.4. The van der Waals surface area contributed by atoms with Crippen LogP contribution in [0.5, 0.6) is 0 Å². The van der Waals surface area contributed by atoms with Gasteiger partial charge in [-0.25, -0.2) is 0 Å². The van der Waals surface area contributed by atoms with E-state index in [-0.39, 0.29) is 10.5 Å². The van der Waals surface area contributed by atoms with Gasteiger partial charge in [-0.3, -0.25) is 25.0 Å². The van der Waals surface area contributed by atoms with Crippen LogP contribution < -0.4 is 5.32 Å². The molecule has 0 heterocycles. The summed E-state index contributed by atoms with van der Waals surface area (Å²) in [6, 6.07) is 11.3. The molecule has 1 N–H and O–H groups in total. The highest BCUT2D eigenvalue weighted by atomic mass is 32.2. The van der Waals surface area contributed by atoms with E-state index in [4.69, 9.17) is 0 Å². The number of nitro groups is 2. The second-order valence-electron chi connectivity index (χ2n) is 6.83. The van der Waals surface area contributed by atoms with Crippen molar-refractivity contribution in [1.29, 1.82) is 0 Å². The number of nitrogens with one attached hydrogen (secondary N) is 1. The lowest BCUT2D eigenvalue weighted by atomic mass is 10.1. The number of carbonyl (C=O) groups is 1. The number of nitro benzene ring substituents is 2. The number of carbonyl (C=O) groups excluding carboxylic acids is 1. The van der Waals surface area contributed by atoms with Crippen molar-refractivity contribution >= 4 is 29.0 Å². The minimum absolute atomic E-state index is 0.165. The fourth-order valence-electron chi connectivity index (χ4n) is 2.32. The van der Waals surface area contributed by atoms with Crippen LogP contribution in [0.15, 0.2) is 47.4 Å². The normalized spacial score (nSPS) is 11.1. The van der Waals surface area contributed by atoms with Gasteiger partial charge >= 0.3 is 0 Å². The second kappa shape index (κ2) is 8.17. The summed E-state index contributed by atoms with van der Waals surface area (Å²) >= 11 is 1.15. The lowest BCUT2D eigenvalue weighted by molar-refractivity contribution is -0.394. The first-order chi connectivity index (χ1) is 12.6. The topological polar surface area (TPSA) is 115 Å². The zero-order chi connectivity index (χ0) is 20.2. The van der Waals surface area contributed by atoms with E-state index in [1.165, 1.54) is 6.07 Å². The molecule has 2 rings (SSSR count). The van der Waals surface area contributed by atoms with Crippen LogP contribution in [0.2, 0.25) is 0 Å². The number of benzene rings is 2. The maximum atomic E-state index is 12.7. The fourth-order valence-corrected chi connectivity index (χ4v) is 3.38. The first kappa shape index (κ1) is 20.4. The number of thioether (sulfide) groups is 1. The molecule has 8 nitrogen and oxygen atoms in total. The summed E-state index contributed by atoms with van der Waals surface area (Å²) in [6.07, 6.45) is 0. The van der Waals surface area contributed by atoms with Crippen LogP contribution in [-0.4, -0.2) is 21.3 Å². The van der Waals surface area contributed by atoms with Crippen molar-refractivity contribution in [3.05, 3.63) is 73.8 Å². The number of amides is 1. The van der Waals surface area contributed by atoms with Gasteiger partial charge in [0.1, 0.15) is 5.56 Å². The monoisotopic (exact) mass is 389 g/mol. The number of nitrogens with zero attached hydrogens (tertiary/aromatic N) is 2. The van der Waals surface area contributed by atoms with E-state index in [0.29, 0.717) is 5.75 Å². The Bertz CT molecular complexity index is 879. The van der Waals surface area contributed by atoms with Crippen LogP contribution in [0.4, 0.5) is 11.4 Å². The lowest BCUT2D eigenvalue weighted by Crippen LogP contribution is -2.41. The molecule has 142 valence electrons. The van der Waals surface area contributed by atoms with Gasteiger partial charge in [0.2, 0.25) is 0 Å². The third-order valence-corrected chi connectivity index (χ3v) is 4.54. The number of rotatable bonds is 6. The largest absolute Gasteiger partial charge is 0.347 e. The lowest BCUT2D eigenvalue weighted by Gasteiger charge is -2.21. The summed E-state index contributed by atoms with van der Waals surface area (Å²) in [6.45, 7) is 5.25. The molecule has 0 fully saturated rings. The number of hydrogen-bond donors (Lipinski definition) is 1. The first-order valence-corrected chi connectivity index (χ1v) is 9.03. The van der Waals surface area contributed by atoms with Crippen molar-refractivity contribution in [2.75, 3.05) is 0 Å². The molecule has 0 aromatic heterocycles. The van der Waals surface area contributed by atoms with Crippen LogP contribution in [0.25, 0.3) is 0 Å². The fraction of sp³-hybridized carbons (Fsp3) is 0.278. The van der Waals surface area contributed by atoms with E-state index < -0.39 is 32.7 Å². The minimum atomic E-state index is -0.767. The average molecular weight is 389 g/mol. The minimum Gasteiger partial charge on any atom is -0.347 e. The SMILES string of the molecule is CC(C)(C)NC(=O)c1c(SCc2ccccc2)cc([N+](=O)[O-])cc1[N+](=O)[O-]. The van der Waals surface area contributed by atoms with Crippen molar-refractivity contribution in [2.24, 2.45) is 0 Å². The predicted molar refractivity (Wildman–Crippen MR) is 103 cm³/mol. The Morgan fingerprint density at radius 1 is 1.07 bits per heavy atom. The molecule has 0 aliphatic heterocycles. The van der Waals surface area contributed by atoms with Crippen LogP contribution in [0.1, 0.15) is 36.7 Å². The molecule has 2 aromatic carbocycles. The van der Waals surface area contributed by atoms with E-state index >= 15 is 0 Å². The highest BCUT2D eigenvalue weighted by molar-refractivity contribution is 7.98. The summed E-state index contributed by atoms with van der Waals surface area (Å²) in [5.41, 5.74) is -0.861. The van der Waals surface area contributed by atoms with Crippen molar-refractivity contribution in [2.45, 2.75) is 37.0 Å². The maximum absolute atomic E-state index is 12.7. The molecule has 9 heteroatoms. The molecule has 0 aliphatic carbocycles. The van der Waals surface area contributed by atoms with Crippen molar-refractivity contribution in [3.8, 4) is 0 Å². The van der Waals surface area contributed by atoms with Crippen molar-refractivity contribution in [3.63, 3.8) is 0 Å². The first-order valence-electron chi connectivity index (χ1n) is 8.04. The standard InChI is InChI=1S/C18H19N3O5S/c1-18(2,3)19-17(22)16-14(21(25)26)9-13(20(23)24)10-15(16)27-11-12-7-5-4-6-8-12/h4-10H,11H2,1-3H3,(H,19,22). The molecule has 0 aliphatic rings. The summed E-state index contributed by atoms with van der Waals surface area (Å²) < 4.78 is 0. The van der Waals surface area contributed by atoms with Gasteiger partial charge in [-0.2, -0.15) is 0 Å². The smallest absolute Gasteiger partial charge is 0.290 e. The molecule has 0 spiro atoms. The molecule has 27 heavy (non-hydrogen) atoms. The summed E-state index contributed by atoms with van der Waals surface area (Å²) in [4.78, 5) is 34.1. The van der Waals surface area contributed by atoms with Gasteiger partial charge in [-0.05, 0) is 26.3 Å². The molecule has 0 unspecified atom stereocenters. The Morgan fingerprint density at radius 3 is 2.22 bits per heavy atom. The number of hydrogen-bond acceptors (Lipinski definition) is 6. The van der Waals surface area contributed by atoms with Gasteiger partial charge in [0.05, 0.1) is 15.9 Å². The molecular weight excluding hydrogens is 370 g/mol. The van der Waals surface area contributed by atoms with Gasteiger partial charge in [0.15, 0.2) is 0 Å². The van der Waals surface area contributed by atoms with Gasteiger partial charge < -0.3 is 5.32 Å². The van der Waals surface area contributed by atoms with Crippen LogP contribution in [0.3, 0.4) is 0 Å². The summed E-state index contributed by atoms with van der Waals surface area (Å²) in [7, 11) is 0. The zero-order valence-corrected chi connectivity index (χ0v) is 15.9. The Kier molecular flexibility index (Phi) is 6.17. The Morgan fingerprint density at radius 2 is 1.70 bits per heavy atom. The van der Waals surface area contributed by atoms with E-state index in [9.17, 15) is 25.0 Å². The molecule has 0 atom stereocenters. The molecule has 0 radical (unpaired) electrons. The predicted octanol–water partition coefficient (Wildman–Crippen LogP) is 4.32. The van der Waals surface area contributed by atoms with E-state index in [2.05, 4.69) is 5.32 Å². The third-order valence-electron chi connectivity index (χ3n) is 3.43. The maximum Gasteiger partial charge on any atom is 0.290 e. The molecule has 2 aromatic rings. The van der Waals surface area contributed by atoms with Crippen LogP contribution >= 0.6 is 11.8 Å². The van der Waals surface area contributed by atoms with Gasteiger partial charge in [-0.1, -0.05) is 30.3 Å². The molecule has 1 amide bonds. The van der Waals surface area contributed by atoms with E-state index in [1.54, 1.807) is 20.8 Å². The highest BCUT2D eigenvalue weighted by Crippen LogP contribution is 2.36. The quantitative estimate of drug-likeness (QED) is 0.447. The van der Waals surface area contributed by atoms with E-state index in [1.807, 2.05) is 30.3 Å². The Labute approximate surface area is 160 Å². The zero-order valence-electron chi connectivity index (χ0n) is 15.1. The molecular formula is C18H19N3O5S. The van der Waals surface area contributed by atoms with Gasteiger partial charge in [0.25, 0.3) is 17.3 Å². The number of non-ortho nitro benzene ring substituents is 1. The average Bonchev–Trinajstić information content (AvgIpc) is 2.58. The molecule has 0 bridgehead atoms. The Balaban J connectivity index is 2.53. The molecule has 0 saturated heterocycles. The van der Waals surface area contributed by atoms with Crippen molar-refractivity contribution < 1.29 is 14.6 Å². The van der Waals surface area contributed by atoms with Gasteiger partial charge in [-0.15, -0.1) is 11.8 Å². The molecule has 0 saturated carbocycles. The van der Waals surface area contributed by atoms with Crippen LogP contribution in [0, 0.1) is 20.2 Å². The van der Waals surface area contributed by atoms with Crippen molar-refractivity contribution in [1.82, 2.24) is 5.32 Å². The highest BCUT2D eigenvalue weighted by Gasteiger charge is 2.30. The summed E-state index contributed by atoms with van der Waals surface area (Å²) in [5.74, 6) is -0.228. The van der Waals surface area contributed by atoms with Crippen LogP contribution in [-0.2, 0) is 5.75 Å². The van der Waals surface area contributed by atoms with Gasteiger partial charge in [0, 0.05) is 22.3 Å². The second-order valence-corrected chi connectivity index (χ2v) is 7.85. The van der Waals surface area contributed by atoms with E-state index in [0.717, 1.165) is 23.4 Å².